The van der Waals surface area contributed by atoms with Crippen LogP contribution in [0.2, 0.25) is 20.1 Å². The summed E-state index contributed by atoms with van der Waals surface area (Å²) >= 11 is 23.4. The molecule has 95 heavy (non-hydrogen) atoms. The number of halogens is 17. The minimum absolute atomic E-state index is 0. The molecular formula is C69H57Cl4F12IN4O5. The molecule has 5 atom stereocenters. The number of hydrogen-bond acceptors (Lipinski definition) is 8. The third kappa shape index (κ3) is 17.9. The monoisotopic (exact) mass is 1520 g/mol. The van der Waals surface area contributed by atoms with Gasteiger partial charge >= 0.3 is 30.8 Å². The van der Waals surface area contributed by atoms with Crippen LogP contribution in [0.15, 0.2) is 121 Å². The first-order valence-corrected chi connectivity index (χ1v) is 30.6. The molecule has 4 saturated carbocycles. The molecule has 2 aliphatic heterocycles. The predicted octanol–water partition coefficient (Wildman–Crippen LogP) is 19.2. The van der Waals surface area contributed by atoms with Crippen LogP contribution in [0, 0.1) is 84.9 Å². The molecular weight excluding hydrogens is 1460 g/mol. The number of alkyl halides is 12. The van der Waals surface area contributed by atoms with Crippen molar-refractivity contribution >= 4 is 99.2 Å². The number of cyclic esters (lactones) is 1. The largest absolute Gasteiger partial charge is 0.445 e. The van der Waals surface area contributed by atoms with Crippen LogP contribution < -0.4 is 21.7 Å². The number of anilines is 4. The van der Waals surface area contributed by atoms with Crippen molar-refractivity contribution in [1.82, 2.24) is 0 Å². The lowest BCUT2D eigenvalue weighted by atomic mass is 9.89. The van der Waals surface area contributed by atoms with Crippen molar-refractivity contribution in [1.29, 1.82) is 0 Å². The van der Waals surface area contributed by atoms with Crippen LogP contribution in [0.3, 0.4) is 0 Å². The Morgan fingerprint density at radius 2 is 0.958 bits per heavy atom. The predicted molar refractivity (Wildman–Crippen MR) is 350 cm³/mol. The van der Waals surface area contributed by atoms with Crippen LogP contribution in [0.25, 0.3) is 0 Å². The molecule has 0 bridgehead atoms. The zero-order valence-electron chi connectivity index (χ0n) is 49.9. The van der Waals surface area contributed by atoms with Gasteiger partial charge in [0.25, 0.3) is 11.2 Å². The van der Waals surface area contributed by atoms with Gasteiger partial charge in [-0.2, -0.15) is 52.7 Å². The van der Waals surface area contributed by atoms with Crippen LogP contribution in [-0.2, 0) is 38.4 Å². The Balaban J connectivity index is 0.000000163. The van der Waals surface area contributed by atoms with Gasteiger partial charge in [-0.1, -0.05) is 148 Å². The number of fused-ring (bicyclic) bond motifs is 2. The minimum atomic E-state index is -4.96. The maximum Gasteiger partial charge on any atom is 0.445 e. The van der Waals surface area contributed by atoms with E-state index in [2.05, 4.69) is 62.1 Å². The number of carbonyl (C=O) groups is 1. The molecule has 502 valence electrons. The van der Waals surface area contributed by atoms with E-state index in [4.69, 9.17) is 56.9 Å². The highest BCUT2D eigenvalue weighted by Crippen LogP contribution is 2.53. The molecule has 12 rings (SSSR count). The summed E-state index contributed by atoms with van der Waals surface area (Å²) in [6.07, 6.45) is -15.5. The zero-order valence-corrected chi connectivity index (χ0v) is 55.3. The number of hydrogen-bond donors (Lipinski definition) is 6. The van der Waals surface area contributed by atoms with Crippen LogP contribution in [-0.4, -0.2) is 41.0 Å². The number of carbonyl (C=O) groups excluding carboxylic acids is 1. The summed E-state index contributed by atoms with van der Waals surface area (Å²) in [5.74, 6) is 18.6. The van der Waals surface area contributed by atoms with Gasteiger partial charge in [0.15, 0.2) is 6.23 Å². The topological polar surface area (TPSA) is 138 Å². The average molecular weight is 1520 g/mol. The van der Waals surface area contributed by atoms with E-state index in [1.54, 1.807) is 24.3 Å². The third-order valence-corrected chi connectivity index (χ3v) is 16.2. The Hall–Kier alpha value is -6.84. The highest BCUT2D eigenvalue weighted by Gasteiger charge is 2.63. The number of nitrogen functional groups attached to an aromatic ring is 1. The lowest BCUT2D eigenvalue weighted by molar-refractivity contribution is -0.273. The highest BCUT2D eigenvalue weighted by molar-refractivity contribution is 14.0. The van der Waals surface area contributed by atoms with Crippen LogP contribution >= 0.6 is 70.4 Å². The molecule has 0 aromatic heterocycles. The fraction of sp³-hybridized carbons (Fsp3) is 0.348. The van der Waals surface area contributed by atoms with E-state index >= 15 is 0 Å². The van der Waals surface area contributed by atoms with Gasteiger partial charge in [0.05, 0.1) is 5.69 Å². The molecule has 0 radical (unpaired) electrons. The summed E-state index contributed by atoms with van der Waals surface area (Å²) in [6, 6.07) is 30.6. The van der Waals surface area contributed by atoms with E-state index in [9.17, 15) is 67.7 Å². The van der Waals surface area contributed by atoms with Gasteiger partial charge in [-0.25, -0.2) is 4.79 Å². The number of nitrogens with two attached hydrogens (primary N) is 1. The molecule has 6 aliphatic rings. The first-order chi connectivity index (χ1) is 44.0. The minimum Gasteiger partial charge on any atom is -0.415 e. The van der Waals surface area contributed by atoms with Crippen molar-refractivity contribution in [3.63, 3.8) is 0 Å². The van der Waals surface area contributed by atoms with Crippen LogP contribution in [0.5, 0.6) is 0 Å². The standard InChI is InChI=1S/C21H17ClF3NO.C21H19ClF3NO.C14H9ClF3NO2.C13H11ClF3NO.HI/c1-13-2-6-15(7-3-13)19-26-18-9-8-16(22)12-17(18)20(27-19,21(23,24)25)11-10-14-4-5-14;1-14-2-4-16(5-3-14)13-26-19-9-8-17(22)12-18(19)20(27,21(23,24)25)11-10-15-6-7-15;15-9-3-4-11-10(7-9)13(14(16,17)18,21-12(20)19-11)6-5-8-1-2-8;14-9-3-4-11(18)10(7-9)12(19,13(15,16)17)6-5-8-1-2-8;/h2-3,6-9,12,14,19,26H,4-5H2,1H3;2-5,8-9,12,15,26-27H,6-7,13H2,1H3;3-4,7-8H,1-2H2,(H,19,20);3-4,7-8,19H,1-2,18H2;1H/t19?,20-;20-;13-;12-;/m0000./s1. The normalized spacial score (nSPS) is 20.6. The number of rotatable bonds is 6. The number of amides is 1. The van der Waals surface area contributed by atoms with Crippen LogP contribution in [0.4, 0.5) is 80.2 Å². The van der Waals surface area contributed by atoms with E-state index < -0.39 is 65.0 Å². The van der Waals surface area contributed by atoms with Crippen molar-refractivity contribution < 1.29 is 77.2 Å². The summed E-state index contributed by atoms with van der Waals surface area (Å²) in [4.78, 5) is 11.5. The number of nitrogens with one attached hydrogen (secondary N) is 3. The number of aryl methyl sites for hydroxylation is 2. The molecule has 2 heterocycles. The summed E-state index contributed by atoms with van der Waals surface area (Å²) in [5.41, 5.74) is -4.20. The fourth-order valence-corrected chi connectivity index (χ4v) is 9.96. The molecule has 4 fully saturated rings. The maximum atomic E-state index is 14.3. The van der Waals surface area contributed by atoms with Crippen molar-refractivity contribution in [2.24, 2.45) is 23.7 Å². The first-order valence-electron chi connectivity index (χ1n) is 29.1. The molecule has 1 unspecified atom stereocenters. The molecule has 0 saturated heterocycles. The summed E-state index contributed by atoms with van der Waals surface area (Å²) < 4.78 is 175. The van der Waals surface area contributed by atoms with Gasteiger partial charge in [-0.15, -0.1) is 24.0 Å². The quantitative estimate of drug-likeness (QED) is 0.0420. The van der Waals surface area contributed by atoms with E-state index in [0.29, 0.717) is 17.8 Å². The second-order valence-corrected chi connectivity index (χ2v) is 24.9. The molecule has 7 N–H and O–H groups in total. The van der Waals surface area contributed by atoms with Gasteiger partial charge in [-0.05, 0) is 149 Å². The Morgan fingerprint density at radius 3 is 1.44 bits per heavy atom. The number of ether oxygens (including phenoxy) is 2. The van der Waals surface area contributed by atoms with E-state index in [1.807, 2.05) is 56.2 Å². The Morgan fingerprint density at radius 1 is 0.547 bits per heavy atom. The lowest BCUT2D eigenvalue weighted by Crippen LogP contribution is -2.49. The number of aliphatic hydroxyl groups is 2. The lowest BCUT2D eigenvalue weighted by Gasteiger charge is -2.41. The molecule has 1 amide bonds. The molecule has 0 spiro atoms. The maximum absolute atomic E-state index is 14.3. The Labute approximate surface area is 576 Å². The van der Waals surface area contributed by atoms with E-state index in [0.717, 1.165) is 86.3 Å². The second kappa shape index (κ2) is 29.1. The zero-order chi connectivity index (χ0) is 68.4. The van der Waals surface area contributed by atoms with E-state index in [1.165, 1.54) is 42.5 Å². The summed E-state index contributed by atoms with van der Waals surface area (Å²) in [7, 11) is 0. The SMILES string of the molecule is Cc1ccc(C2Nc3ccc(Cl)cc3[C@@](C#CC3CC3)(C(F)(F)F)O2)cc1.Cc1ccc(CNc2ccc(Cl)cc2[C@@](O)(C#CC2CC2)C(F)(F)F)cc1.I.Nc1ccc(Cl)cc1[C@@](O)(C#CC1CC1)C(F)(F)F.O=C1Nc2ccc(Cl)cc2[C@@](C#CC2CC2)(C(F)(F)F)O1. The van der Waals surface area contributed by atoms with Gasteiger partial charge in [-0.3, -0.25) is 5.32 Å². The second-order valence-electron chi connectivity index (χ2n) is 23.2. The molecule has 26 heteroatoms. The van der Waals surface area contributed by atoms with Gasteiger partial charge < -0.3 is 36.1 Å². The summed E-state index contributed by atoms with van der Waals surface area (Å²) in [5, 5.41) is 29.2. The smallest absolute Gasteiger partial charge is 0.415 e. The van der Waals surface area contributed by atoms with Gasteiger partial charge in [0.1, 0.15) is 0 Å². The van der Waals surface area contributed by atoms with Crippen molar-refractivity contribution in [3.05, 3.63) is 186 Å². The van der Waals surface area contributed by atoms with Crippen LogP contribution in [0.1, 0.15) is 102 Å². The van der Waals surface area contributed by atoms with E-state index in [-0.39, 0.29) is 101 Å². The molecule has 6 aromatic carbocycles. The molecule has 9 nitrogen and oxygen atoms in total. The Kier molecular flexibility index (Phi) is 22.6. The highest BCUT2D eigenvalue weighted by atomic mass is 127. The number of benzene rings is 6. The molecule has 6 aromatic rings. The fourth-order valence-electron chi connectivity index (χ4n) is 9.27. The van der Waals surface area contributed by atoms with Gasteiger partial charge in [0, 0.05) is 95.2 Å². The van der Waals surface area contributed by atoms with Gasteiger partial charge in [0.2, 0.25) is 11.2 Å². The Bertz CT molecular complexity index is 4040. The first kappa shape index (κ1) is 74.0. The van der Waals surface area contributed by atoms with Crippen molar-refractivity contribution in [2.45, 2.75) is 125 Å². The average Bonchev–Trinajstić information content (AvgIpc) is 1.55. The third-order valence-electron chi connectivity index (χ3n) is 15.3. The van der Waals surface area contributed by atoms with Crippen molar-refractivity contribution in [3.8, 4) is 47.4 Å². The molecule has 4 aliphatic carbocycles. The van der Waals surface area contributed by atoms with Crippen molar-refractivity contribution in [2.75, 3.05) is 21.7 Å². The summed E-state index contributed by atoms with van der Waals surface area (Å²) in [6.45, 7) is 4.17.